The number of para-hydroxylation sites is 1. The van der Waals surface area contributed by atoms with Crippen LogP contribution in [0.5, 0.6) is 5.75 Å². The zero-order valence-corrected chi connectivity index (χ0v) is 33.6. The van der Waals surface area contributed by atoms with Crippen LogP contribution in [-0.2, 0) is 5.41 Å². The molecule has 5 nitrogen and oxygen atoms in total. The molecule has 0 radical (unpaired) electrons. The van der Waals surface area contributed by atoms with Crippen LogP contribution in [-0.4, -0.2) is 25.0 Å². The normalized spacial score (nSPS) is 12.0. The van der Waals surface area contributed by atoms with Gasteiger partial charge < -0.3 is 6.53 Å². The molecule has 0 unspecified atom stereocenters. The first-order chi connectivity index (χ1) is 29.7. The standard InChI is InChI=1S/C46H31N3.C9H7NO.Li.H/c1-5-16-32(17-6-1)33-28-30-35(31-29-33)44-47-43(34-18-7-2-8-19-34)48-45(49-44)39-25-15-27-41-42(39)38-24-13-14-26-40(38)46(41,36-20-9-3-10-21-36)37-22-11-4-12-23-37;11-8-5-1-3-7-4-2-6-10-9(7)8;;/h1-31H;1-6,11H;;/q;;+1;-1. The summed E-state index contributed by atoms with van der Waals surface area (Å²) in [4.78, 5) is 19.5. The minimum atomic E-state index is -0.504. The molecule has 286 valence electrons. The van der Waals surface area contributed by atoms with Crippen LogP contribution in [0.2, 0.25) is 0 Å². The number of aromatic nitrogens is 4. The number of rotatable bonds is 6. The van der Waals surface area contributed by atoms with Crippen molar-refractivity contribution in [2.75, 3.05) is 0 Å². The number of nitrogens with zero attached hydrogens (tertiary/aromatic N) is 4. The molecule has 0 saturated heterocycles. The summed E-state index contributed by atoms with van der Waals surface area (Å²) in [6, 6.07) is 75.3. The first-order valence-corrected chi connectivity index (χ1v) is 20.0. The van der Waals surface area contributed by atoms with E-state index in [0.29, 0.717) is 23.0 Å². The maximum absolute atomic E-state index is 9.31. The Morgan fingerprint density at radius 1 is 0.377 bits per heavy atom. The summed E-state index contributed by atoms with van der Waals surface area (Å²) >= 11 is 0. The van der Waals surface area contributed by atoms with Gasteiger partial charge in [0.05, 0.1) is 5.41 Å². The van der Waals surface area contributed by atoms with Crippen molar-refractivity contribution in [2.24, 2.45) is 0 Å². The third-order valence-corrected chi connectivity index (χ3v) is 11.3. The first kappa shape index (κ1) is 39.1. The second-order valence-electron chi connectivity index (χ2n) is 14.7. The van der Waals surface area contributed by atoms with Gasteiger partial charge in [0.15, 0.2) is 17.5 Å². The van der Waals surface area contributed by atoms with Crippen LogP contribution in [0.15, 0.2) is 225 Å². The smallest absolute Gasteiger partial charge is 1.00 e. The second-order valence-corrected chi connectivity index (χ2v) is 14.7. The van der Waals surface area contributed by atoms with Crippen molar-refractivity contribution in [3.05, 3.63) is 247 Å². The minimum Gasteiger partial charge on any atom is -1.00 e. The predicted octanol–water partition coefficient (Wildman–Crippen LogP) is 9.96. The zero-order chi connectivity index (χ0) is 40.3. The average Bonchev–Trinajstić information content (AvgIpc) is 3.64. The van der Waals surface area contributed by atoms with Crippen LogP contribution < -0.4 is 18.9 Å². The number of hydrogen-bond donors (Lipinski definition) is 1. The molecule has 0 fully saturated rings. The van der Waals surface area contributed by atoms with Gasteiger partial charge in [-0.1, -0.05) is 206 Å². The molecular formula is C55H39LiN4O. The van der Waals surface area contributed by atoms with Gasteiger partial charge in [-0.05, 0) is 56.6 Å². The Morgan fingerprint density at radius 2 is 0.836 bits per heavy atom. The van der Waals surface area contributed by atoms with Crippen LogP contribution >= 0.6 is 0 Å². The van der Waals surface area contributed by atoms with E-state index in [1.807, 2.05) is 42.5 Å². The first-order valence-electron chi connectivity index (χ1n) is 20.0. The van der Waals surface area contributed by atoms with E-state index in [1.165, 1.54) is 33.4 Å². The number of pyridine rings is 1. The molecule has 2 aromatic heterocycles. The van der Waals surface area contributed by atoms with E-state index >= 15 is 0 Å². The summed E-state index contributed by atoms with van der Waals surface area (Å²) in [7, 11) is 0. The monoisotopic (exact) mass is 778 g/mol. The van der Waals surface area contributed by atoms with E-state index in [1.54, 1.807) is 18.3 Å². The number of phenolic OH excluding ortho intramolecular Hbond substituents is 1. The second kappa shape index (κ2) is 17.0. The third kappa shape index (κ3) is 7.21. The van der Waals surface area contributed by atoms with Gasteiger partial charge in [0.2, 0.25) is 0 Å². The van der Waals surface area contributed by atoms with E-state index < -0.39 is 5.41 Å². The van der Waals surface area contributed by atoms with Gasteiger partial charge in [0.1, 0.15) is 11.3 Å². The van der Waals surface area contributed by atoms with Crippen molar-refractivity contribution >= 4 is 10.9 Å². The van der Waals surface area contributed by atoms with Crippen LogP contribution in [0, 0.1) is 0 Å². The van der Waals surface area contributed by atoms with E-state index in [0.717, 1.165) is 33.2 Å². The Morgan fingerprint density at radius 3 is 1.48 bits per heavy atom. The predicted molar refractivity (Wildman–Crippen MR) is 243 cm³/mol. The van der Waals surface area contributed by atoms with Gasteiger partial charge in [0, 0.05) is 28.3 Å². The number of aromatic hydroxyl groups is 1. The average molecular weight is 779 g/mol. The fourth-order valence-electron chi connectivity index (χ4n) is 8.55. The number of phenols is 1. The number of fused-ring (bicyclic) bond motifs is 4. The molecule has 10 aromatic rings. The summed E-state index contributed by atoms with van der Waals surface area (Å²) in [5.74, 6) is 2.18. The minimum absolute atomic E-state index is 0. The van der Waals surface area contributed by atoms with Crippen molar-refractivity contribution in [3.63, 3.8) is 0 Å². The Bertz CT molecular complexity index is 3050. The fourth-order valence-corrected chi connectivity index (χ4v) is 8.55. The van der Waals surface area contributed by atoms with E-state index in [2.05, 4.69) is 169 Å². The molecule has 11 rings (SSSR count). The summed E-state index contributed by atoms with van der Waals surface area (Å²) in [5, 5.41) is 10.3. The van der Waals surface area contributed by atoms with Gasteiger partial charge in [-0.25, -0.2) is 15.0 Å². The summed E-state index contributed by atoms with van der Waals surface area (Å²) in [6.45, 7) is 0. The molecule has 1 aliphatic rings. The molecular weight excluding hydrogens is 740 g/mol. The maximum atomic E-state index is 9.31. The van der Waals surface area contributed by atoms with Gasteiger partial charge in [0.25, 0.3) is 0 Å². The van der Waals surface area contributed by atoms with E-state index in [4.69, 9.17) is 15.0 Å². The zero-order valence-electron chi connectivity index (χ0n) is 34.6. The molecule has 61 heavy (non-hydrogen) atoms. The Labute approximate surface area is 368 Å². The van der Waals surface area contributed by atoms with Gasteiger partial charge in [-0.2, -0.15) is 0 Å². The van der Waals surface area contributed by atoms with Gasteiger partial charge >= 0.3 is 18.9 Å². The molecule has 0 aliphatic heterocycles. The van der Waals surface area contributed by atoms with Crippen molar-refractivity contribution in [3.8, 4) is 62.2 Å². The topological polar surface area (TPSA) is 71.8 Å². The van der Waals surface area contributed by atoms with Crippen molar-refractivity contribution in [1.82, 2.24) is 19.9 Å². The van der Waals surface area contributed by atoms with Crippen LogP contribution in [0.3, 0.4) is 0 Å². The largest absolute Gasteiger partial charge is 1.00 e. The van der Waals surface area contributed by atoms with Crippen LogP contribution in [0.4, 0.5) is 0 Å². The van der Waals surface area contributed by atoms with Gasteiger partial charge in [-0.15, -0.1) is 0 Å². The van der Waals surface area contributed by atoms with Crippen LogP contribution in [0.25, 0.3) is 67.3 Å². The summed E-state index contributed by atoms with van der Waals surface area (Å²) < 4.78 is 0. The number of hydrogen-bond acceptors (Lipinski definition) is 5. The molecule has 0 spiro atoms. The Kier molecular flexibility index (Phi) is 10.9. The maximum Gasteiger partial charge on any atom is 1.00 e. The van der Waals surface area contributed by atoms with E-state index in [9.17, 15) is 5.11 Å². The molecule has 1 N–H and O–H groups in total. The fraction of sp³-hybridized carbons (Fsp3) is 0.0182. The van der Waals surface area contributed by atoms with E-state index in [-0.39, 0.29) is 26.0 Å². The quantitative estimate of drug-likeness (QED) is 0.170. The summed E-state index contributed by atoms with van der Waals surface area (Å²) in [5.41, 5.74) is 12.6. The third-order valence-electron chi connectivity index (χ3n) is 11.3. The molecule has 0 amide bonds. The molecule has 0 bridgehead atoms. The summed E-state index contributed by atoms with van der Waals surface area (Å²) in [6.07, 6.45) is 1.67. The van der Waals surface area contributed by atoms with Crippen molar-refractivity contribution in [2.45, 2.75) is 5.41 Å². The van der Waals surface area contributed by atoms with Gasteiger partial charge in [-0.3, -0.25) is 4.98 Å². The SMILES string of the molecule is Oc1cccc2cccnc12.[H-].[Li+].c1ccc(-c2ccc(-c3nc(-c4ccccc4)nc(-c4cccc5c4-c4ccccc4C5(c4ccccc4)c4ccccc4)n3)cc2)cc1. The molecule has 0 saturated carbocycles. The Balaban J connectivity index is 0.000000354. The molecule has 0 atom stereocenters. The molecule has 6 heteroatoms. The van der Waals surface area contributed by atoms with Crippen molar-refractivity contribution < 1.29 is 25.4 Å². The molecule has 2 heterocycles. The Hall–Kier alpha value is -7.42. The molecule has 1 aliphatic carbocycles. The van der Waals surface area contributed by atoms with Crippen molar-refractivity contribution in [1.29, 1.82) is 0 Å². The number of benzene rings is 8. The molecule has 8 aromatic carbocycles. The van der Waals surface area contributed by atoms with Crippen LogP contribution in [0.1, 0.15) is 23.7 Å².